The molecule has 1 saturated heterocycles. The number of aromatic nitrogens is 2. The molecular weight excluding hydrogens is 236 g/mol. The summed E-state index contributed by atoms with van der Waals surface area (Å²) in [6.45, 7) is 6.71. The van der Waals surface area contributed by atoms with Gasteiger partial charge in [-0.2, -0.15) is 0 Å². The molecule has 1 fully saturated rings. The van der Waals surface area contributed by atoms with Gasteiger partial charge in [-0.1, -0.05) is 11.6 Å². The van der Waals surface area contributed by atoms with Gasteiger partial charge in [0.1, 0.15) is 0 Å². The third kappa shape index (κ3) is 2.87. The zero-order valence-electron chi connectivity index (χ0n) is 10.6. The molecule has 94 valence electrons. The van der Waals surface area contributed by atoms with Crippen LogP contribution < -0.4 is 4.90 Å². The highest BCUT2D eigenvalue weighted by Gasteiger charge is 2.28. The summed E-state index contributed by atoms with van der Waals surface area (Å²) in [5.41, 5.74) is 0. The van der Waals surface area contributed by atoms with Crippen LogP contribution >= 0.6 is 11.6 Å². The molecule has 2 heterocycles. The SMILES string of the molecule is CC(C)N1CCC(N(C)c2ncc(Cl)cn2)C1. The fraction of sp³-hybridized carbons (Fsp3) is 0.667. The van der Waals surface area contributed by atoms with E-state index in [2.05, 4.69) is 40.7 Å². The smallest absolute Gasteiger partial charge is 0.225 e. The third-order valence-electron chi connectivity index (χ3n) is 3.39. The largest absolute Gasteiger partial charge is 0.340 e. The zero-order chi connectivity index (χ0) is 12.4. The van der Waals surface area contributed by atoms with Crippen molar-refractivity contribution in [1.82, 2.24) is 14.9 Å². The van der Waals surface area contributed by atoms with Crippen LogP contribution in [0.3, 0.4) is 0 Å². The van der Waals surface area contributed by atoms with Gasteiger partial charge in [0.2, 0.25) is 5.95 Å². The van der Waals surface area contributed by atoms with Crippen molar-refractivity contribution in [3.05, 3.63) is 17.4 Å². The van der Waals surface area contributed by atoms with Crippen molar-refractivity contribution >= 4 is 17.5 Å². The molecule has 0 bridgehead atoms. The summed E-state index contributed by atoms with van der Waals surface area (Å²) in [7, 11) is 2.05. The highest BCUT2D eigenvalue weighted by molar-refractivity contribution is 6.30. The van der Waals surface area contributed by atoms with Crippen LogP contribution in [0, 0.1) is 0 Å². The van der Waals surface area contributed by atoms with E-state index >= 15 is 0 Å². The van der Waals surface area contributed by atoms with E-state index in [4.69, 9.17) is 11.6 Å². The maximum Gasteiger partial charge on any atom is 0.225 e. The van der Waals surface area contributed by atoms with Crippen molar-refractivity contribution in [2.75, 3.05) is 25.0 Å². The highest BCUT2D eigenvalue weighted by atomic mass is 35.5. The maximum atomic E-state index is 5.79. The Bertz CT molecular complexity index is 365. The van der Waals surface area contributed by atoms with Gasteiger partial charge in [0.15, 0.2) is 0 Å². The number of hydrogen-bond donors (Lipinski definition) is 0. The standard InChI is InChI=1S/C12H19ClN4/c1-9(2)17-5-4-11(8-17)16(3)12-14-6-10(13)7-15-12/h6-7,9,11H,4-5,8H2,1-3H3. The lowest BCUT2D eigenvalue weighted by Crippen LogP contribution is -2.37. The van der Waals surface area contributed by atoms with E-state index in [1.807, 2.05) is 0 Å². The van der Waals surface area contributed by atoms with E-state index in [-0.39, 0.29) is 0 Å². The Hall–Kier alpha value is -0.870. The van der Waals surface area contributed by atoms with Crippen LogP contribution in [0.15, 0.2) is 12.4 Å². The molecule has 0 aliphatic carbocycles. The van der Waals surface area contributed by atoms with Gasteiger partial charge in [0.25, 0.3) is 0 Å². The van der Waals surface area contributed by atoms with Crippen LogP contribution in [0.1, 0.15) is 20.3 Å². The highest BCUT2D eigenvalue weighted by Crippen LogP contribution is 2.20. The predicted octanol–water partition coefficient (Wildman–Crippen LogP) is 2.05. The molecule has 1 unspecified atom stereocenters. The van der Waals surface area contributed by atoms with Gasteiger partial charge in [-0.05, 0) is 20.3 Å². The van der Waals surface area contributed by atoms with Crippen molar-refractivity contribution in [2.24, 2.45) is 0 Å². The number of hydrogen-bond acceptors (Lipinski definition) is 4. The molecule has 1 atom stereocenters. The molecule has 1 aromatic rings. The Morgan fingerprint density at radius 2 is 2.06 bits per heavy atom. The van der Waals surface area contributed by atoms with Crippen molar-refractivity contribution in [3.63, 3.8) is 0 Å². The lowest BCUT2D eigenvalue weighted by molar-refractivity contribution is 0.272. The molecule has 0 amide bonds. The first-order valence-electron chi connectivity index (χ1n) is 6.02. The molecule has 1 aromatic heterocycles. The van der Waals surface area contributed by atoms with Gasteiger partial charge < -0.3 is 4.90 Å². The summed E-state index contributed by atoms with van der Waals surface area (Å²) < 4.78 is 0. The first-order valence-corrected chi connectivity index (χ1v) is 6.40. The van der Waals surface area contributed by atoms with Crippen LogP contribution in [0.2, 0.25) is 5.02 Å². The normalized spacial score (nSPS) is 21.1. The first kappa shape index (κ1) is 12.6. The summed E-state index contributed by atoms with van der Waals surface area (Å²) in [5, 5.41) is 0.581. The third-order valence-corrected chi connectivity index (χ3v) is 3.59. The Morgan fingerprint density at radius 1 is 1.41 bits per heavy atom. The summed E-state index contributed by atoms with van der Waals surface area (Å²) in [6.07, 6.45) is 4.46. The molecule has 0 spiro atoms. The molecule has 0 radical (unpaired) electrons. The van der Waals surface area contributed by atoms with Crippen LogP contribution in [0.4, 0.5) is 5.95 Å². The average Bonchev–Trinajstić information content (AvgIpc) is 2.78. The minimum absolute atomic E-state index is 0.499. The Morgan fingerprint density at radius 3 is 2.59 bits per heavy atom. The molecule has 17 heavy (non-hydrogen) atoms. The number of rotatable bonds is 3. The Kier molecular flexibility index (Phi) is 3.84. The minimum Gasteiger partial charge on any atom is -0.340 e. The molecular formula is C12H19ClN4. The minimum atomic E-state index is 0.499. The van der Waals surface area contributed by atoms with E-state index in [9.17, 15) is 0 Å². The lowest BCUT2D eigenvalue weighted by Gasteiger charge is -2.26. The van der Waals surface area contributed by atoms with Gasteiger partial charge in [-0.25, -0.2) is 9.97 Å². The number of likely N-dealkylation sites (tertiary alicyclic amines) is 1. The van der Waals surface area contributed by atoms with E-state index < -0.39 is 0 Å². The van der Waals surface area contributed by atoms with Gasteiger partial charge in [-0.15, -0.1) is 0 Å². The van der Waals surface area contributed by atoms with Crippen molar-refractivity contribution in [1.29, 1.82) is 0 Å². The quantitative estimate of drug-likeness (QED) is 0.827. The van der Waals surface area contributed by atoms with E-state index in [1.54, 1.807) is 12.4 Å². The van der Waals surface area contributed by atoms with Gasteiger partial charge in [0.05, 0.1) is 17.4 Å². The Labute approximate surface area is 108 Å². The van der Waals surface area contributed by atoms with Gasteiger partial charge in [-0.3, -0.25) is 4.90 Å². The number of halogens is 1. The summed E-state index contributed by atoms with van der Waals surface area (Å²) in [6, 6.07) is 1.11. The van der Waals surface area contributed by atoms with Crippen LogP contribution in [-0.2, 0) is 0 Å². The van der Waals surface area contributed by atoms with Crippen LogP contribution in [-0.4, -0.2) is 47.1 Å². The van der Waals surface area contributed by atoms with Crippen molar-refractivity contribution in [2.45, 2.75) is 32.4 Å². The second-order valence-corrected chi connectivity index (χ2v) is 5.28. The zero-order valence-corrected chi connectivity index (χ0v) is 11.4. The lowest BCUT2D eigenvalue weighted by atomic mass is 10.2. The number of anilines is 1. The second-order valence-electron chi connectivity index (χ2n) is 4.84. The van der Waals surface area contributed by atoms with Crippen LogP contribution in [0.25, 0.3) is 0 Å². The first-order chi connectivity index (χ1) is 8.08. The summed E-state index contributed by atoms with van der Waals surface area (Å²) >= 11 is 5.79. The van der Waals surface area contributed by atoms with E-state index in [1.165, 1.54) is 6.42 Å². The fourth-order valence-electron chi connectivity index (χ4n) is 2.20. The average molecular weight is 255 g/mol. The van der Waals surface area contributed by atoms with Crippen molar-refractivity contribution in [3.8, 4) is 0 Å². The van der Waals surface area contributed by atoms with Crippen molar-refractivity contribution < 1.29 is 0 Å². The maximum absolute atomic E-state index is 5.79. The summed E-state index contributed by atoms with van der Waals surface area (Å²) in [5.74, 6) is 0.755. The molecule has 1 aliphatic rings. The van der Waals surface area contributed by atoms with Gasteiger partial charge in [0, 0.05) is 32.2 Å². The topological polar surface area (TPSA) is 32.3 Å². The Balaban J connectivity index is 2.01. The fourth-order valence-corrected chi connectivity index (χ4v) is 2.30. The number of nitrogens with zero attached hydrogens (tertiary/aromatic N) is 4. The number of likely N-dealkylation sites (N-methyl/N-ethyl adjacent to an activating group) is 1. The molecule has 2 rings (SSSR count). The molecule has 1 aliphatic heterocycles. The van der Waals surface area contributed by atoms with Gasteiger partial charge >= 0.3 is 0 Å². The monoisotopic (exact) mass is 254 g/mol. The van der Waals surface area contributed by atoms with E-state index in [0.717, 1.165) is 19.0 Å². The molecule has 4 nitrogen and oxygen atoms in total. The second kappa shape index (κ2) is 5.19. The van der Waals surface area contributed by atoms with E-state index in [0.29, 0.717) is 17.1 Å². The molecule has 0 saturated carbocycles. The molecule has 0 N–H and O–H groups in total. The summed E-state index contributed by atoms with van der Waals surface area (Å²) in [4.78, 5) is 13.1. The molecule has 5 heteroatoms. The molecule has 0 aromatic carbocycles. The predicted molar refractivity (Wildman–Crippen MR) is 70.6 cm³/mol. The van der Waals surface area contributed by atoms with Crippen LogP contribution in [0.5, 0.6) is 0 Å².